The van der Waals surface area contributed by atoms with Crippen LogP contribution in [0.25, 0.3) is 0 Å². The van der Waals surface area contributed by atoms with E-state index >= 15 is 0 Å². The maximum atomic E-state index is 5.94. The number of nitrogens with zero attached hydrogens (tertiary/aromatic N) is 2. The molecule has 0 saturated carbocycles. The van der Waals surface area contributed by atoms with Gasteiger partial charge in [-0.2, -0.15) is 5.10 Å². The first-order valence-corrected chi connectivity index (χ1v) is 4.47. The van der Waals surface area contributed by atoms with E-state index in [-0.39, 0.29) is 5.96 Å². The lowest BCUT2D eigenvalue weighted by Crippen LogP contribution is -2.21. The highest BCUT2D eigenvalue weighted by Gasteiger charge is 2.03. The highest BCUT2D eigenvalue weighted by molar-refractivity contribution is 6.33. The molecule has 5 nitrogen and oxygen atoms in total. The molecule has 0 bridgehead atoms. The van der Waals surface area contributed by atoms with Crippen LogP contribution in [0.5, 0.6) is 5.75 Å². The van der Waals surface area contributed by atoms with Crippen LogP contribution in [-0.4, -0.2) is 19.3 Å². The molecule has 0 unspecified atom stereocenters. The number of nitrogens with two attached hydrogens (primary N) is 2. The molecule has 0 saturated heterocycles. The Morgan fingerprint density at radius 1 is 1.47 bits per heavy atom. The Bertz CT molecular complexity index is 399. The average Bonchev–Trinajstić information content (AvgIpc) is 2.20. The molecule has 1 aromatic rings. The Balaban J connectivity index is 3.02. The van der Waals surface area contributed by atoms with E-state index in [4.69, 9.17) is 27.8 Å². The molecular formula is C9H11ClN4O. The van der Waals surface area contributed by atoms with Crippen molar-refractivity contribution in [1.29, 1.82) is 0 Å². The van der Waals surface area contributed by atoms with Gasteiger partial charge >= 0.3 is 0 Å². The zero-order valence-corrected chi connectivity index (χ0v) is 8.90. The van der Waals surface area contributed by atoms with Crippen molar-refractivity contribution in [3.63, 3.8) is 0 Å². The number of halogens is 1. The second-order valence-corrected chi connectivity index (χ2v) is 3.03. The largest absolute Gasteiger partial charge is 0.496 e. The molecule has 80 valence electrons. The van der Waals surface area contributed by atoms with Gasteiger partial charge in [0.05, 0.1) is 23.9 Å². The maximum absolute atomic E-state index is 5.94. The van der Waals surface area contributed by atoms with Crippen molar-refractivity contribution >= 4 is 23.8 Å². The highest BCUT2D eigenvalue weighted by Crippen LogP contribution is 2.24. The van der Waals surface area contributed by atoms with Crippen LogP contribution in [0.2, 0.25) is 5.02 Å². The van der Waals surface area contributed by atoms with Gasteiger partial charge in [-0.3, -0.25) is 0 Å². The van der Waals surface area contributed by atoms with Crippen LogP contribution < -0.4 is 16.2 Å². The van der Waals surface area contributed by atoms with Crippen molar-refractivity contribution in [1.82, 2.24) is 0 Å². The number of rotatable bonds is 3. The molecule has 0 aromatic heterocycles. The Morgan fingerprint density at radius 3 is 2.80 bits per heavy atom. The number of methoxy groups -OCH3 is 1. The van der Waals surface area contributed by atoms with Crippen LogP contribution in [0.15, 0.2) is 28.4 Å². The normalized spacial score (nSPS) is 10.3. The van der Waals surface area contributed by atoms with Crippen molar-refractivity contribution in [2.24, 2.45) is 21.7 Å². The van der Waals surface area contributed by atoms with E-state index in [9.17, 15) is 0 Å². The molecule has 0 aliphatic rings. The van der Waals surface area contributed by atoms with Crippen molar-refractivity contribution in [2.75, 3.05) is 7.11 Å². The molecule has 6 heteroatoms. The lowest BCUT2D eigenvalue weighted by atomic mass is 10.2. The summed E-state index contributed by atoms with van der Waals surface area (Å²) in [6, 6.07) is 5.27. The first kappa shape index (κ1) is 11.3. The summed E-state index contributed by atoms with van der Waals surface area (Å²) in [7, 11) is 1.55. The molecule has 15 heavy (non-hydrogen) atoms. The summed E-state index contributed by atoms with van der Waals surface area (Å²) >= 11 is 5.94. The summed E-state index contributed by atoms with van der Waals surface area (Å²) in [6.45, 7) is 0. The fourth-order valence-electron chi connectivity index (χ4n) is 0.974. The van der Waals surface area contributed by atoms with E-state index in [0.717, 1.165) is 0 Å². The van der Waals surface area contributed by atoms with Gasteiger partial charge in [-0.15, -0.1) is 5.10 Å². The van der Waals surface area contributed by atoms with Crippen LogP contribution in [-0.2, 0) is 0 Å². The van der Waals surface area contributed by atoms with E-state index in [1.54, 1.807) is 25.3 Å². The maximum Gasteiger partial charge on any atom is 0.211 e. The SMILES string of the molecule is COc1cccc(Cl)c1C=NN=C(N)N. The van der Waals surface area contributed by atoms with Gasteiger partial charge in [-0.25, -0.2) is 0 Å². The van der Waals surface area contributed by atoms with Crippen LogP contribution in [0, 0.1) is 0 Å². The van der Waals surface area contributed by atoms with E-state index in [0.29, 0.717) is 16.3 Å². The molecule has 0 heterocycles. The van der Waals surface area contributed by atoms with Crippen molar-refractivity contribution in [3.05, 3.63) is 28.8 Å². The predicted octanol–water partition coefficient (Wildman–Crippen LogP) is 0.956. The quantitative estimate of drug-likeness (QED) is 0.457. The number of hydrogen-bond donors (Lipinski definition) is 2. The van der Waals surface area contributed by atoms with Crippen molar-refractivity contribution < 1.29 is 4.74 Å². The minimum atomic E-state index is -0.114. The van der Waals surface area contributed by atoms with Gasteiger partial charge in [0.1, 0.15) is 5.75 Å². The van der Waals surface area contributed by atoms with Gasteiger partial charge in [0.25, 0.3) is 0 Å². The zero-order chi connectivity index (χ0) is 11.3. The monoisotopic (exact) mass is 226 g/mol. The summed E-state index contributed by atoms with van der Waals surface area (Å²) in [5.41, 5.74) is 10.9. The van der Waals surface area contributed by atoms with Crippen LogP contribution in [0.3, 0.4) is 0 Å². The molecule has 1 aromatic carbocycles. The number of guanidine groups is 1. The summed E-state index contributed by atoms with van der Waals surface area (Å²) in [5, 5.41) is 7.64. The molecule has 0 aliphatic heterocycles. The van der Waals surface area contributed by atoms with E-state index < -0.39 is 0 Å². The van der Waals surface area contributed by atoms with E-state index in [1.807, 2.05) is 0 Å². The fourth-order valence-corrected chi connectivity index (χ4v) is 1.19. The average molecular weight is 227 g/mol. The van der Waals surface area contributed by atoms with Gasteiger partial charge in [-0.1, -0.05) is 17.7 Å². The Hall–Kier alpha value is -1.75. The Labute approximate surface area is 92.4 Å². The first-order valence-electron chi connectivity index (χ1n) is 4.09. The summed E-state index contributed by atoms with van der Waals surface area (Å²) in [5.74, 6) is 0.495. The molecule has 0 amide bonds. The molecule has 0 aliphatic carbocycles. The third-order valence-corrected chi connectivity index (χ3v) is 1.92. The lowest BCUT2D eigenvalue weighted by molar-refractivity contribution is 0.414. The zero-order valence-electron chi connectivity index (χ0n) is 8.14. The fraction of sp³-hybridized carbons (Fsp3) is 0.111. The van der Waals surface area contributed by atoms with Crippen LogP contribution in [0.1, 0.15) is 5.56 Å². The van der Waals surface area contributed by atoms with Crippen LogP contribution >= 0.6 is 11.6 Å². The Morgan fingerprint density at radius 2 is 2.20 bits per heavy atom. The van der Waals surface area contributed by atoms with Gasteiger partial charge < -0.3 is 16.2 Å². The lowest BCUT2D eigenvalue weighted by Gasteiger charge is -2.04. The summed E-state index contributed by atoms with van der Waals surface area (Å²) in [6.07, 6.45) is 1.43. The number of ether oxygens (including phenoxy) is 1. The highest BCUT2D eigenvalue weighted by atomic mass is 35.5. The second kappa shape index (κ2) is 5.21. The van der Waals surface area contributed by atoms with E-state index in [2.05, 4.69) is 10.2 Å². The Kier molecular flexibility index (Phi) is 3.93. The summed E-state index contributed by atoms with van der Waals surface area (Å²) in [4.78, 5) is 0. The molecule has 0 radical (unpaired) electrons. The summed E-state index contributed by atoms with van der Waals surface area (Å²) < 4.78 is 5.10. The first-order chi connectivity index (χ1) is 7.15. The molecule has 0 atom stereocenters. The van der Waals surface area contributed by atoms with Gasteiger partial charge in [0.2, 0.25) is 5.96 Å². The minimum Gasteiger partial charge on any atom is -0.496 e. The molecule has 4 N–H and O–H groups in total. The van der Waals surface area contributed by atoms with Crippen LogP contribution in [0.4, 0.5) is 0 Å². The van der Waals surface area contributed by atoms with Crippen molar-refractivity contribution in [2.45, 2.75) is 0 Å². The molecule has 0 spiro atoms. The second-order valence-electron chi connectivity index (χ2n) is 2.63. The topological polar surface area (TPSA) is 86.0 Å². The standard InChI is InChI=1S/C9H11ClN4O/c1-15-8-4-2-3-7(10)6(8)5-13-14-9(11)12/h2-5H,1H3,(H4,11,12,14). The van der Waals surface area contributed by atoms with Crippen molar-refractivity contribution in [3.8, 4) is 5.75 Å². The minimum absolute atomic E-state index is 0.114. The number of hydrogen-bond acceptors (Lipinski definition) is 3. The molecular weight excluding hydrogens is 216 g/mol. The van der Waals surface area contributed by atoms with Gasteiger partial charge in [-0.05, 0) is 12.1 Å². The van der Waals surface area contributed by atoms with E-state index in [1.165, 1.54) is 6.21 Å². The smallest absolute Gasteiger partial charge is 0.211 e. The van der Waals surface area contributed by atoms with Gasteiger partial charge in [0.15, 0.2) is 0 Å². The third kappa shape index (κ3) is 3.14. The third-order valence-electron chi connectivity index (χ3n) is 1.59. The van der Waals surface area contributed by atoms with Gasteiger partial charge in [0, 0.05) is 0 Å². The molecule has 0 fully saturated rings. The predicted molar refractivity (Wildman–Crippen MR) is 61.4 cm³/mol. The molecule has 1 rings (SSSR count). The number of benzene rings is 1.